The molecule has 1 amide bonds. The second-order valence-corrected chi connectivity index (χ2v) is 5.99. The number of nitrogens with zero attached hydrogens (tertiary/aromatic N) is 1. The molecule has 1 aromatic heterocycles. The Morgan fingerprint density at radius 1 is 1.39 bits per heavy atom. The van der Waals surface area contributed by atoms with Gasteiger partial charge in [0.15, 0.2) is 0 Å². The van der Waals surface area contributed by atoms with Gasteiger partial charge in [0.1, 0.15) is 11.5 Å². The summed E-state index contributed by atoms with van der Waals surface area (Å²) in [4.78, 5) is 16.4. The van der Waals surface area contributed by atoms with Gasteiger partial charge in [-0.2, -0.15) is 0 Å². The van der Waals surface area contributed by atoms with E-state index in [2.05, 4.69) is 10.3 Å². The van der Waals surface area contributed by atoms with Gasteiger partial charge in [-0.1, -0.05) is 12.1 Å². The Bertz CT molecular complexity index is 686. The van der Waals surface area contributed by atoms with Crippen molar-refractivity contribution in [3.05, 3.63) is 35.7 Å². The number of amides is 1. The molecule has 124 valence electrons. The van der Waals surface area contributed by atoms with Crippen molar-refractivity contribution in [3.8, 4) is 17.2 Å². The van der Waals surface area contributed by atoms with Crippen LogP contribution < -0.4 is 10.1 Å². The van der Waals surface area contributed by atoms with Crippen LogP contribution in [0.4, 0.5) is 0 Å². The van der Waals surface area contributed by atoms with Crippen molar-refractivity contribution >= 4 is 5.91 Å². The lowest BCUT2D eigenvalue weighted by Gasteiger charge is -2.17. The molecule has 0 spiro atoms. The van der Waals surface area contributed by atoms with Crippen molar-refractivity contribution in [2.75, 3.05) is 13.7 Å². The van der Waals surface area contributed by atoms with Gasteiger partial charge in [-0.15, -0.1) is 0 Å². The Kier molecular flexibility index (Phi) is 5.05. The highest BCUT2D eigenvalue weighted by Gasteiger charge is 2.18. The Balaban J connectivity index is 2.14. The van der Waals surface area contributed by atoms with E-state index in [1.165, 1.54) is 0 Å². The highest BCUT2D eigenvalue weighted by Crippen LogP contribution is 2.30. The first kappa shape index (κ1) is 17.0. The second kappa shape index (κ2) is 6.83. The first-order valence-electron chi connectivity index (χ1n) is 7.39. The molecule has 2 N–H and O–H groups in total. The Morgan fingerprint density at radius 2 is 2.09 bits per heavy atom. The van der Waals surface area contributed by atoms with Crippen molar-refractivity contribution in [2.24, 2.45) is 0 Å². The number of methoxy groups -OCH3 is 1. The molecule has 0 bridgehead atoms. The summed E-state index contributed by atoms with van der Waals surface area (Å²) in [6, 6.07) is 7.41. The molecule has 0 aliphatic rings. The van der Waals surface area contributed by atoms with Crippen LogP contribution in [0.1, 0.15) is 25.3 Å². The number of hydrogen-bond donors (Lipinski definition) is 2. The molecule has 2 aromatic rings. The lowest BCUT2D eigenvalue weighted by atomic mass is 10.1. The molecule has 23 heavy (non-hydrogen) atoms. The predicted octanol–water partition coefficient (Wildman–Crippen LogP) is 2.09. The average molecular weight is 318 g/mol. The molecule has 0 unspecified atom stereocenters. The van der Waals surface area contributed by atoms with Crippen LogP contribution in [-0.2, 0) is 11.2 Å². The first-order chi connectivity index (χ1) is 10.8. The van der Waals surface area contributed by atoms with Gasteiger partial charge in [-0.05, 0) is 32.9 Å². The number of para-hydroxylation sites is 1. The maximum atomic E-state index is 12.0. The normalized spacial score (nSPS) is 11.3. The SMILES string of the molecule is COc1ccccc1-c1nc(CC(=O)NCC(C)(C)O)c(C)o1. The molecule has 0 radical (unpaired) electrons. The van der Waals surface area contributed by atoms with E-state index < -0.39 is 5.60 Å². The summed E-state index contributed by atoms with van der Waals surface area (Å²) in [7, 11) is 1.58. The molecule has 0 saturated heterocycles. The predicted molar refractivity (Wildman–Crippen MR) is 86.2 cm³/mol. The smallest absolute Gasteiger partial charge is 0.230 e. The number of aromatic nitrogens is 1. The van der Waals surface area contributed by atoms with Gasteiger partial charge in [0, 0.05) is 6.54 Å². The molecule has 1 aromatic carbocycles. The van der Waals surface area contributed by atoms with Gasteiger partial charge in [0.2, 0.25) is 11.8 Å². The van der Waals surface area contributed by atoms with Crippen molar-refractivity contribution < 1.29 is 19.1 Å². The minimum Gasteiger partial charge on any atom is -0.496 e. The summed E-state index contributed by atoms with van der Waals surface area (Å²) in [5, 5.41) is 12.3. The van der Waals surface area contributed by atoms with E-state index in [0.29, 0.717) is 23.1 Å². The summed E-state index contributed by atoms with van der Waals surface area (Å²) in [6.45, 7) is 5.22. The number of carbonyl (C=O) groups excluding carboxylic acids is 1. The highest BCUT2D eigenvalue weighted by molar-refractivity contribution is 5.78. The van der Waals surface area contributed by atoms with E-state index in [-0.39, 0.29) is 18.9 Å². The molecule has 0 saturated carbocycles. The largest absolute Gasteiger partial charge is 0.496 e. The average Bonchev–Trinajstić information content (AvgIpc) is 2.85. The number of ether oxygens (including phenoxy) is 1. The fraction of sp³-hybridized carbons (Fsp3) is 0.412. The fourth-order valence-corrected chi connectivity index (χ4v) is 2.06. The first-order valence-corrected chi connectivity index (χ1v) is 7.39. The van der Waals surface area contributed by atoms with Crippen LogP contribution in [0.2, 0.25) is 0 Å². The number of benzene rings is 1. The fourth-order valence-electron chi connectivity index (χ4n) is 2.06. The van der Waals surface area contributed by atoms with Crippen LogP contribution >= 0.6 is 0 Å². The van der Waals surface area contributed by atoms with Crippen LogP contribution in [-0.4, -0.2) is 35.3 Å². The molecule has 6 nitrogen and oxygen atoms in total. The third-order valence-electron chi connectivity index (χ3n) is 3.28. The minimum absolute atomic E-state index is 0.0978. The third kappa shape index (κ3) is 4.56. The molecule has 2 rings (SSSR count). The van der Waals surface area contributed by atoms with E-state index in [4.69, 9.17) is 9.15 Å². The highest BCUT2D eigenvalue weighted by atomic mass is 16.5. The summed E-state index contributed by atoms with van der Waals surface area (Å²) in [5.41, 5.74) is 0.359. The van der Waals surface area contributed by atoms with Gasteiger partial charge in [0.25, 0.3) is 0 Å². The number of carbonyl (C=O) groups is 1. The summed E-state index contributed by atoms with van der Waals surface area (Å²) in [5.74, 6) is 1.46. The number of aryl methyl sites for hydroxylation is 1. The zero-order chi connectivity index (χ0) is 17.0. The van der Waals surface area contributed by atoms with Gasteiger partial charge >= 0.3 is 0 Å². The van der Waals surface area contributed by atoms with E-state index in [9.17, 15) is 9.90 Å². The number of rotatable bonds is 6. The van der Waals surface area contributed by atoms with Crippen molar-refractivity contribution in [1.82, 2.24) is 10.3 Å². The molecule has 1 heterocycles. The molecular formula is C17H22N2O4. The Hall–Kier alpha value is -2.34. The molecule has 0 aliphatic heterocycles. The molecular weight excluding hydrogens is 296 g/mol. The molecule has 6 heteroatoms. The van der Waals surface area contributed by atoms with Gasteiger partial charge in [0.05, 0.1) is 30.4 Å². The monoisotopic (exact) mass is 318 g/mol. The Labute approximate surface area is 135 Å². The number of aliphatic hydroxyl groups is 1. The number of hydrogen-bond acceptors (Lipinski definition) is 5. The van der Waals surface area contributed by atoms with Crippen LogP contribution in [0.3, 0.4) is 0 Å². The number of nitrogens with one attached hydrogen (secondary N) is 1. The quantitative estimate of drug-likeness (QED) is 0.852. The van der Waals surface area contributed by atoms with E-state index in [1.54, 1.807) is 27.9 Å². The van der Waals surface area contributed by atoms with Gasteiger partial charge in [-0.3, -0.25) is 4.79 Å². The molecule has 0 aliphatic carbocycles. The zero-order valence-electron chi connectivity index (χ0n) is 13.8. The zero-order valence-corrected chi connectivity index (χ0v) is 13.8. The maximum Gasteiger partial charge on any atom is 0.230 e. The maximum absolute atomic E-state index is 12.0. The summed E-state index contributed by atoms with van der Waals surface area (Å²) in [6.07, 6.45) is 0.0978. The van der Waals surface area contributed by atoms with Crippen molar-refractivity contribution in [1.29, 1.82) is 0 Å². The van der Waals surface area contributed by atoms with Crippen molar-refractivity contribution in [3.63, 3.8) is 0 Å². The third-order valence-corrected chi connectivity index (χ3v) is 3.28. The van der Waals surface area contributed by atoms with Crippen LogP contribution in [0.25, 0.3) is 11.5 Å². The van der Waals surface area contributed by atoms with Crippen LogP contribution in [0.5, 0.6) is 5.75 Å². The lowest BCUT2D eigenvalue weighted by molar-refractivity contribution is -0.121. The topological polar surface area (TPSA) is 84.6 Å². The van der Waals surface area contributed by atoms with Crippen LogP contribution in [0.15, 0.2) is 28.7 Å². The van der Waals surface area contributed by atoms with Gasteiger partial charge in [-0.25, -0.2) is 4.98 Å². The summed E-state index contributed by atoms with van der Waals surface area (Å²) >= 11 is 0. The molecule has 0 atom stereocenters. The Morgan fingerprint density at radius 3 is 2.74 bits per heavy atom. The van der Waals surface area contributed by atoms with E-state index in [0.717, 1.165) is 5.56 Å². The van der Waals surface area contributed by atoms with Crippen molar-refractivity contribution in [2.45, 2.75) is 32.8 Å². The standard InChI is InChI=1S/C17H22N2O4/c1-11-13(9-15(20)18-10-17(2,3)21)19-16(23-11)12-7-5-6-8-14(12)22-4/h5-8,21H,9-10H2,1-4H3,(H,18,20). The lowest BCUT2D eigenvalue weighted by Crippen LogP contribution is -2.38. The van der Waals surface area contributed by atoms with Crippen LogP contribution in [0, 0.1) is 6.92 Å². The number of oxazole rings is 1. The van der Waals surface area contributed by atoms with E-state index >= 15 is 0 Å². The van der Waals surface area contributed by atoms with Gasteiger partial charge < -0.3 is 19.6 Å². The molecule has 0 fully saturated rings. The second-order valence-electron chi connectivity index (χ2n) is 5.99. The minimum atomic E-state index is -0.947. The van der Waals surface area contributed by atoms with E-state index in [1.807, 2.05) is 24.3 Å². The summed E-state index contributed by atoms with van der Waals surface area (Å²) < 4.78 is 11.0.